The maximum Gasteiger partial charge on any atom is 0.338 e. The van der Waals surface area contributed by atoms with Crippen LogP contribution in [0.5, 0.6) is 0 Å². The third-order valence-electron chi connectivity index (χ3n) is 2.29. The van der Waals surface area contributed by atoms with E-state index < -0.39 is 5.97 Å². The van der Waals surface area contributed by atoms with E-state index in [9.17, 15) is 4.79 Å². The smallest absolute Gasteiger partial charge is 0.338 e. The Hall–Kier alpha value is -1.29. The normalized spacial score (nSPS) is 10.1. The Morgan fingerprint density at radius 2 is 2.29 bits per heavy atom. The van der Waals surface area contributed by atoms with Gasteiger partial charge in [-0.15, -0.1) is 18.3 Å². The van der Waals surface area contributed by atoms with Crippen LogP contribution in [0.15, 0.2) is 36.0 Å². The van der Waals surface area contributed by atoms with E-state index in [2.05, 4.69) is 11.6 Å². The van der Waals surface area contributed by atoms with Gasteiger partial charge >= 0.3 is 5.97 Å². The molecule has 0 atom stereocenters. The van der Waals surface area contributed by atoms with Crippen LogP contribution in [0.1, 0.15) is 36.0 Å². The molecule has 0 fully saturated rings. The van der Waals surface area contributed by atoms with Crippen molar-refractivity contribution in [1.82, 2.24) is 4.98 Å². The number of hydrogen-bond donors (Lipinski definition) is 1. The first-order valence-corrected chi connectivity index (χ1v) is 6.66. The summed E-state index contributed by atoms with van der Waals surface area (Å²) in [6.45, 7) is 3.68. The standard InChI is InChI=1S/C13H17NO2S/c1-2-3-4-5-6-10-17-12-11(13(15)16)8-7-9-14-12/h2,7-9H,1,3-6,10H2,(H,15,16). The zero-order valence-corrected chi connectivity index (χ0v) is 10.6. The van der Waals surface area contributed by atoms with E-state index in [0.717, 1.165) is 31.4 Å². The quantitative estimate of drug-likeness (QED) is 0.435. The number of thioether (sulfide) groups is 1. The second kappa shape index (κ2) is 7.90. The predicted molar refractivity (Wildman–Crippen MR) is 70.6 cm³/mol. The number of nitrogens with zero attached hydrogens (tertiary/aromatic N) is 1. The first-order valence-electron chi connectivity index (χ1n) is 5.67. The Bertz CT molecular complexity index is 379. The molecule has 0 radical (unpaired) electrons. The molecule has 0 saturated carbocycles. The second-order valence-corrected chi connectivity index (χ2v) is 4.73. The van der Waals surface area contributed by atoms with Gasteiger partial charge in [-0.25, -0.2) is 9.78 Å². The van der Waals surface area contributed by atoms with Crippen LogP contribution in [0.3, 0.4) is 0 Å². The molecule has 4 heteroatoms. The first-order chi connectivity index (χ1) is 8.25. The minimum Gasteiger partial charge on any atom is -0.478 e. The van der Waals surface area contributed by atoms with E-state index in [-0.39, 0.29) is 0 Å². The van der Waals surface area contributed by atoms with Crippen LogP contribution < -0.4 is 0 Å². The molecule has 3 nitrogen and oxygen atoms in total. The lowest BCUT2D eigenvalue weighted by atomic mass is 10.2. The molecule has 17 heavy (non-hydrogen) atoms. The van der Waals surface area contributed by atoms with Crippen molar-refractivity contribution in [2.45, 2.75) is 30.7 Å². The van der Waals surface area contributed by atoms with E-state index in [0.29, 0.717) is 10.6 Å². The molecule has 0 saturated heterocycles. The number of aromatic carboxylic acids is 1. The van der Waals surface area contributed by atoms with Gasteiger partial charge in [0.25, 0.3) is 0 Å². The molecule has 0 unspecified atom stereocenters. The van der Waals surface area contributed by atoms with Gasteiger partial charge in [0.05, 0.1) is 5.56 Å². The zero-order valence-electron chi connectivity index (χ0n) is 9.76. The summed E-state index contributed by atoms with van der Waals surface area (Å²) in [5.74, 6) is 0.00120. The topological polar surface area (TPSA) is 50.2 Å². The number of aromatic nitrogens is 1. The molecule has 0 aliphatic carbocycles. The van der Waals surface area contributed by atoms with Crippen LogP contribution in [0.25, 0.3) is 0 Å². The highest BCUT2D eigenvalue weighted by atomic mass is 32.2. The summed E-state index contributed by atoms with van der Waals surface area (Å²) in [7, 11) is 0. The number of allylic oxidation sites excluding steroid dienone is 1. The third-order valence-corrected chi connectivity index (χ3v) is 3.38. The van der Waals surface area contributed by atoms with Crippen LogP contribution in [0, 0.1) is 0 Å². The SMILES string of the molecule is C=CCCCCCSc1ncccc1C(=O)O. The number of carboxylic acids is 1. The molecule has 1 rings (SSSR count). The van der Waals surface area contributed by atoms with Gasteiger partial charge in [-0.1, -0.05) is 12.5 Å². The third kappa shape index (κ3) is 5.04. The summed E-state index contributed by atoms with van der Waals surface area (Å²) in [6.07, 6.45) is 7.98. The molecule has 0 bridgehead atoms. The minimum atomic E-state index is -0.910. The van der Waals surface area contributed by atoms with Gasteiger partial charge in [-0.05, 0) is 37.1 Å². The molecule has 1 heterocycles. The van der Waals surface area contributed by atoms with Crippen molar-refractivity contribution in [1.29, 1.82) is 0 Å². The highest BCUT2D eigenvalue weighted by molar-refractivity contribution is 7.99. The zero-order chi connectivity index (χ0) is 12.5. The number of pyridine rings is 1. The van der Waals surface area contributed by atoms with Crippen LogP contribution >= 0.6 is 11.8 Å². The summed E-state index contributed by atoms with van der Waals surface area (Å²) in [6, 6.07) is 3.24. The number of hydrogen-bond acceptors (Lipinski definition) is 3. The van der Waals surface area contributed by atoms with Crippen LogP contribution in [0.4, 0.5) is 0 Å². The van der Waals surface area contributed by atoms with Crippen molar-refractivity contribution in [3.05, 3.63) is 36.5 Å². The predicted octanol–water partition coefficient (Wildman–Crippen LogP) is 3.62. The molecule has 0 aliphatic heterocycles. The Balaban J connectivity index is 2.36. The van der Waals surface area contributed by atoms with Gasteiger partial charge in [-0.3, -0.25) is 0 Å². The number of rotatable bonds is 8. The lowest BCUT2D eigenvalue weighted by Crippen LogP contribution is -2.00. The van der Waals surface area contributed by atoms with E-state index >= 15 is 0 Å². The lowest BCUT2D eigenvalue weighted by Gasteiger charge is -2.03. The molecule has 92 valence electrons. The average molecular weight is 251 g/mol. The van der Waals surface area contributed by atoms with Crippen molar-refractivity contribution < 1.29 is 9.90 Å². The summed E-state index contributed by atoms with van der Waals surface area (Å²) in [5, 5.41) is 9.59. The number of carbonyl (C=O) groups is 1. The average Bonchev–Trinajstić information content (AvgIpc) is 2.34. The minimum absolute atomic E-state index is 0.295. The van der Waals surface area contributed by atoms with Crippen molar-refractivity contribution in [3.8, 4) is 0 Å². The monoisotopic (exact) mass is 251 g/mol. The Morgan fingerprint density at radius 1 is 1.47 bits per heavy atom. The van der Waals surface area contributed by atoms with Crippen LogP contribution in [-0.2, 0) is 0 Å². The highest BCUT2D eigenvalue weighted by Crippen LogP contribution is 2.21. The summed E-state index contributed by atoms with van der Waals surface area (Å²) in [5.41, 5.74) is 0.295. The van der Waals surface area contributed by atoms with Gasteiger partial charge in [0.1, 0.15) is 5.03 Å². The molecule has 0 aliphatic rings. The molecule has 0 amide bonds. The fraction of sp³-hybridized carbons (Fsp3) is 0.385. The molecular weight excluding hydrogens is 234 g/mol. The molecule has 1 aromatic heterocycles. The van der Waals surface area contributed by atoms with Crippen LogP contribution in [-0.4, -0.2) is 21.8 Å². The summed E-state index contributed by atoms with van der Waals surface area (Å²) in [4.78, 5) is 15.0. The molecule has 0 aromatic carbocycles. The van der Waals surface area contributed by atoms with E-state index in [4.69, 9.17) is 5.11 Å². The number of carboxylic acid groups (broad SMARTS) is 1. The fourth-order valence-electron chi connectivity index (χ4n) is 1.40. The van der Waals surface area contributed by atoms with Crippen molar-refractivity contribution >= 4 is 17.7 Å². The molecule has 1 N–H and O–H groups in total. The Kier molecular flexibility index (Phi) is 6.40. The first kappa shape index (κ1) is 13.8. The van der Waals surface area contributed by atoms with E-state index in [1.165, 1.54) is 11.8 Å². The van der Waals surface area contributed by atoms with Crippen molar-refractivity contribution in [2.75, 3.05) is 5.75 Å². The maximum absolute atomic E-state index is 10.9. The van der Waals surface area contributed by atoms with Crippen molar-refractivity contribution in [2.24, 2.45) is 0 Å². The van der Waals surface area contributed by atoms with Gasteiger partial charge < -0.3 is 5.11 Å². The highest BCUT2D eigenvalue weighted by Gasteiger charge is 2.10. The largest absolute Gasteiger partial charge is 0.478 e. The van der Waals surface area contributed by atoms with Gasteiger partial charge in [0.15, 0.2) is 0 Å². The second-order valence-electron chi connectivity index (χ2n) is 3.65. The van der Waals surface area contributed by atoms with Crippen molar-refractivity contribution in [3.63, 3.8) is 0 Å². The maximum atomic E-state index is 10.9. The van der Waals surface area contributed by atoms with Crippen LogP contribution in [0.2, 0.25) is 0 Å². The van der Waals surface area contributed by atoms with Gasteiger partial charge in [0, 0.05) is 6.20 Å². The summed E-state index contributed by atoms with van der Waals surface area (Å²) >= 11 is 1.52. The van der Waals surface area contributed by atoms with E-state index in [1.807, 2.05) is 6.08 Å². The molecule has 1 aromatic rings. The number of unbranched alkanes of at least 4 members (excludes halogenated alkanes) is 3. The molecular formula is C13H17NO2S. The molecule has 0 spiro atoms. The van der Waals surface area contributed by atoms with Gasteiger partial charge in [0.2, 0.25) is 0 Å². The van der Waals surface area contributed by atoms with Gasteiger partial charge in [-0.2, -0.15) is 0 Å². The summed E-state index contributed by atoms with van der Waals surface area (Å²) < 4.78 is 0. The van der Waals surface area contributed by atoms with E-state index in [1.54, 1.807) is 18.3 Å². The fourth-order valence-corrected chi connectivity index (χ4v) is 2.39. The lowest BCUT2D eigenvalue weighted by molar-refractivity contribution is 0.0692. The Labute approximate surface area is 106 Å². The Morgan fingerprint density at radius 3 is 3.00 bits per heavy atom.